The fourth-order valence-corrected chi connectivity index (χ4v) is 2.79. The van der Waals surface area contributed by atoms with Gasteiger partial charge in [-0.1, -0.05) is 0 Å². The highest BCUT2D eigenvalue weighted by Crippen LogP contribution is 2.40. The van der Waals surface area contributed by atoms with E-state index in [0.29, 0.717) is 25.5 Å². The SMILES string of the molecule is CCOC(=O)[C@@H]1CCCN(c2ccc([N+](=O)[O-])cc2C(F)(F)F)C1. The average molecular weight is 346 g/mol. The van der Waals surface area contributed by atoms with Crippen molar-refractivity contribution in [1.82, 2.24) is 0 Å². The molecule has 1 aliphatic heterocycles. The zero-order valence-electron chi connectivity index (χ0n) is 13.0. The normalized spacial score (nSPS) is 18.3. The maximum absolute atomic E-state index is 13.3. The number of hydrogen-bond donors (Lipinski definition) is 0. The van der Waals surface area contributed by atoms with Gasteiger partial charge in [0.2, 0.25) is 0 Å². The molecule has 1 aliphatic rings. The highest BCUT2D eigenvalue weighted by atomic mass is 19.4. The first-order valence-corrected chi connectivity index (χ1v) is 7.51. The van der Waals surface area contributed by atoms with E-state index in [0.717, 1.165) is 12.1 Å². The van der Waals surface area contributed by atoms with Crippen LogP contribution in [-0.4, -0.2) is 30.6 Å². The summed E-state index contributed by atoms with van der Waals surface area (Å²) in [5, 5.41) is 10.7. The lowest BCUT2D eigenvalue weighted by molar-refractivity contribution is -0.385. The Morgan fingerprint density at radius 3 is 2.75 bits per heavy atom. The van der Waals surface area contributed by atoms with Crippen molar-refractivity contribution in [2.24, 2.45) is 5.92 Å². The second kappa shape index (κ2) is 7.06. The van der Waals surface area contributed by atoms with Crippen LogP contribution in [0.3, 0.4) is 0 Å². The number of ether oxygens (including phenoxy) is 1. The molecule has 0 aliphatic carbocycles. The number of rotatable bonds is 4. The summed E-state index contributed by atoms with van der Waals surface area (Å²) in [5.74, 6) is -0.937. The first-order valence-electron chi connectivity index (χ1n) is 7.51. The summed E-state index contributed by atoms with van der Waals surface area (Å²) in [4.78, 5) is 23.2. The van der Waals surface area contributed by atoms with Gasteiger partial charge in [-0.15, -0.1) is 0 Å². The van der Waals surface area contributed by atoms with E-state index >= 15 is 0 Å². The third-order valence-corrected chi connectivity index (χ3v) is 3.88. The molecule has 0 aromatic heterocycles. The molecule has 1 atom stereocenters. The van der Waals surface area contributed by atoms with Gasteiger partial charge in [-0.2, -0.15) is 13.2 Å². The summed E-state index contributed by atoms with van der Waals surface area (Å²) >= 11 is 0. The maximum atomic E-state index is 13.3. The summed E-state index contributed by atoms with van der Waals surface area (Å²) < 4.78 is 44.8. The number of benzene rings is 1. The van der Waals surface area contributed by atoms with Crippen LogP contribution < -0.4 is 4.90 Å². The van der Waals surface area contributed by atoms with Crippen LogP contribution in [0.15, 0.2) is 18.2 Å². The summed E-state index contributed by atoms with van der Waals surface area (Å²) in [6.07, 6.45) is -3.64. The number of non-ortho nitro benzene ring substituents is 1. The van der Waals surface area contributed by atoms with Gasteiger partial charge in [0.15, 0.2) is 0 Å². The molecule has 0 spiro atoms. The topological polar surface area (TPSA) is 72.7 Å². The molecule has 1 aromatic carbocycles. The van der Waals surface area contributed by atoms with E-state index in [1.165, 1.54) is 4.90 Å². The predicted molar refractivity (Wildman–Crippen MR) is 79.7 cm³/mol. The second-order valence-corrected chi connectivity index (χ2v) is 5.49. The maximum Gasteiger partial charge on any atom is 0.418 e. The highest BCUT2D eigenvalue weighted by molar-refractivity contribution is 5.74. The first-order chi connectivity index (χ1) is 11.2. The second-order valence-electron chi connectivity index (χ2n) is 5.49. The standard InChI is InChI=1S/C15H17F3N2O4/c1-2-24-14(21)10-4-3-7-19(9-10)13-6-5-11(20(22)23)8-12(13)15(16,17)18/h5-6,8,10H,2-4,7,9H2,1H3/t10-/m1/s1. The van der Waals surface area contributed by atoms with Gasteiger partial charge in [-0.25, -0.2) is 0 Å². The molecule has 2 rings (SSSR count). The van der Waals surface area contributed by atoms with Gasteiger partial charge < -0.3 is 9.64 Å². The van der Waals surface area contributed by atoms with E-state index in [-0.39, 0.29) is 18.8 Å². The number of nitro benzene ring substituents is 1. The number of carbonyl (C=O) groups is 1. The van der Waals surface area contributed by atoms with E-state index in [2.05, 4.69) is 0 Å². The largest absolute Gasteiger partial charge is 0.466 e. The molecule has 0 bridgehead atoms. The van der Waals surface area contributed by atoms with Gasteiger partial charge in [0.25, 0.3) is 5.69 Å². The monoisotopic (exact) mass is 346 g/mol. The van der Waals surface area contributed by atoms with Crippen molar-refractivity contribution in [3.05, 3.63) is 33.9 Å². The third kappa shape index (κ3) is 3.95. The Morgan fingerprint density at radius 2 is 2.17 bits per heavy atom. The number of nitro groups is 1. The zero-order chi connectivity index (χ0) is 17.9. The van der Waals surface area contributed by atoms with Gasteiger partial charge in [-0.05, 0) is 25.8 Å². The minimum absolute atomic E-state index is 0.0969. The molecule has 6 nitrogen and oxygen atoms in total. The van der Waals surface area contributed by atoms with Crippen LogP contribution in [0.5, 0.6) is 0 Å². The molecule has 0 N–H and O–H groups in total. The van der Waals surface area contributed by atoms with Gasteiger partial charge >= 0.3 is 12.1 Å². The molecule has 0 saturated carbocycles. The molecule has 1 aromatic rings. The molecule has 1 fully saturated rings. The van der Waals surface area contributed by atoms with Crippen LogP contribution in [0.2, 0.25) is 0 Å². The van der Waals surface area contributed by atoms with Crippen molar-refractivity contribution in [2.45, 2.75) is 25.9 Å². The van der Waals surface area contributed by atoms with Crippen LogP contribution in [0.1, 0.15) is 25.3 Å². The number of alkyl halides is 3. The zero-order valence-corrected chi connectivity index (χ0v) is 13.0. The lowest BCUT2D eigenvalue weighted by Crippen LogP contribution is -2.40. The van der Waals surface area contributed by atoms with E-state index in [9.17, 15) is 28.1 Å². The Balaban J connectivity index is 2.33. The minimum atomic E-state index is -4.72. The first kappa shape index (κ1) is 18.0. The lowest BCUT2D eigenvalue weighted by atomic mass is 9.96. The van der Waals surface area contributed by atoms with Crippen molar-refractivity contribution in [2.75, 3.05) is 24.6 Å². The molecular formula is C15H17F3N2O4. The molecule has 24 heavy (non-hydrogen) atoms. The number of carbonyl (C=O) groups excluding carboxylic acids is 1. The highest BCUT2D eigenvalue weighted by Gasteiger charge is 2.38. The van der Waals surface area contributed by atoms with Crippen molar-refractivity contribution in [3.63, 3.8) is 0 Å². The molecule has 0 unspecified atom stereocenters. The molecule has 132 valence electrons. The van der Waals surface area contributed by atoms with Gasteiger partial charge in [0.05, 0.1) is 23.0 Å². The van der Waals surface area contributed by atoms with E-state index in [1.807, 2.05) is 0 Å². The average Bonchev–Trinajstić information content (AvgIpc) is 2.53. The molecule has 0 radical (unpaired) electrons. The Kier molecular flexibility index (Phi) is 5.30. The summed E-state index contributed by atoms with van der Waals surface area (Å²) in [5.41, 5.74) is -1.84. The number of piperidine rings is 1. The summed E-state index contributed by atoms with van der Waals surface area (Å²) in [6, 6.07) is 2.66. The number of nitrogens with zero attached hydrogens (tertiary/aromatic N) is 2. The number of esters is 1. The molecule has 0 amide bonds. The van der Waals surface area contributed by atoms with Crippen LogP contribution in [0.4, 0.5) is 24.5 Å². The predicted octanol–water partition coefficient (Wildman–Crippen LogP) is 3.39. The van der Waals surface area contributed by atoms with Crippen LogP contribution in [0, 0.1) is 16.0 Å². The quantitative estimate of drug-likeness (QED) is 0.475. The molecular weight excluding hydrogens is 329 g/mol. The van der Waals surface area contributed by atoms with E-state index in [4.69, 9.17) is 4.74 Å². The van der Waals surface area contributed by atoms with Crippen molar-refractivity contribution in [1.29, 1.82) is 0 Å². The smallest absolute Gasteiger partial charge is 0.418 e. The Bertz CT molecular complexity index is 634. The van der Waals surface area contributed by atoms with Crippen molar-refractivity contribution in [3.8, 4) is 0 Å². The van der Waals surface area contributed by atoms with Gasteiger partial charge in [0.1, 0.15) is 0 Å². The fraction of sp³-hybridized carbons (Fsp3) is 0.533. The Morgan fingerprint density at radius 1 is 1.46 bits per heavy atom. The molecule has 9 heteroatoms. The van der Waals surface area contributed by atoms with Gasteiger partial charge in [0, 0.05) is 30.9 Å². The summed E-state index contributed by atoms with van der Waals surface area (Å²) in [6.45, 7) is 2.31. The third-order valence-electron chi connectivity index (χ3n) is 3.88. The Hall–Kier alpha value is -2.32. The lowest BCUT2D eigenvalue weighted by Gasteiger charge is -2.34. The molecule has 1 heterocycles. The minimum Gasteiger partial charge on any atom is -0.466 e. The number of hydrogen-bond acceptors (Lipinski definition) is 5. The van der Waals surface area contributed by atoms with Crippen LogP contribution in [-0.2, 0) is 15.7 Å². The fourth-order valence-electron chi connectivity index (χ4n) is 2.79. The summed E-state index contributed by atoms with van der Waals surface area (Å²) in [7, 11) is 0. The van der Waals surface area contributed by atoms with Crippen molar-refractivity contribution < 1.29 is 27.6 Å². The van der Waals surface area contributed by atoms with Crippen molar-refractivity contribution >= 4 is 17.3 Å². The van der Waals surface area contributed by atoms with Crippen LogP contribution >= 0.6 is 0 Å². The number of anilines is 1. The van der Waals surface area contributed by atoms with E-state index < -0.39 is 34.2 Å². The number of halogens is 3. The van der Waals surface area contributed by atoms with E-state index in [1.54, 1.807) is 6.92 Å². The Labute approximate surface area is 136 Å². The van der Waals surface area contributed by atoms with Crippen LogP contribution in [0.25, 0.3) is 0 Å². The molecule has 1 saturated heterocycles. The van der Waals surface area contributed by atoms with Gasteiger partial charge in [-0.3, -0.25) is 14.9 Å².